The molecule has 2 aliphatic heterocycles. The van der Waals surface area contributed by atoms with Gasteiger partial charge in [-0.2, -0.15) is 0 Å². The van der Waals surface area contributed by atoms with Crippen molar-refractivity contribution < 1.29 is 19.0 Å². The quantitative estimate of drug-likeness (QED) is 0.724. The van der Waals surface area contributed by atoms with Gasteiger partial charge in [0.2, 0.25) is 5.91 Å². The molecule has 1 amide bonds. The van der Waals surface area contributed by atoms with Crippen molar-refractivity contribution in [1.29, 1.82) is 0 Å². The Morgan fingerprint density at radius 1 is 1.06 bits per heavy atom. The fourth-order valence-electron chi connectivity index (χ4n) is 4.67. The van der Waals surface area contributed by atoms with Gasteiger partial charge in [-0.15, -0.1) is 0 Å². The lowest BCUT2D eigenvalue weighted by Gasteiger charge is -2.36. The third-order valence-electron chi connectivity index (χ3n) is 6.63. The molecule has 2 heterocycles. The zero-order valence-electron chi connectivity index (χ0n) is 18.4. The Morgan fingerprint density at radius 3 is 2.58 bits per heavy atom. The number of carbonyl (C=O) groups is 1. The fourth-order valence-corrected chi connectivity index (χ4v) is 4.67. The van der Waals surface area contributed by atoms with Crippen molar-refractivity contribution >= 4 is 5.91 Å². The summed E-state index contributed by atoms with van der Waals surface area (Å²) >= 11 is 0. The third kappa shape index (κ3) is 5.46. The molecule has 2 fully saturated rings. The zero-order valence-corrected chi connectivity index (χ0v) is 18.4. The average Bonchev–Trinajstić information content (AvgIpc) is 2.84. The highest BCUT2D eigenvalue weighted by atomic mass is 16.5. The van der Waals surface area contributed by atoms with Crippen molar-refractivity contribution in [1.82, 2.24) is 5.32 Å². The molecule has 1 N–H and O–H groups in total. The van der Waals surface area contributed by atoms with Crippen LogP contribution in [-0.2, 0) is 20.7 Å². The van der Waals surface area contributed by atoms with Crippen molar-refractivity contribution in [3.8, 4) is 16.9 Å². The van der Waals surface area contributed by atoms with Crippen LogP contribution in [-0.4, -0.2) is 46.0 Å². The van der Waals surface area contributed by atoms with Crippen molar-refractivity contribution in [2.24, 2.45) is 11.3 Å². The summed E-state index contributed by atoms with van der Waals surface area (Å²) in [4.78, 5) is 13.4. The van der Waals surface area contributed by atoms with Crippen LogP contribution in [0.1, 0.15) is 31.2 Å². The first-order chi connectivity index (χ1) is 15.2. The largest absolute Gasteiger partial charge is 0.497 e. The average molecular weight is 424 g/mol. The Kier molecular flexibility index (Phi) is 7.25. The normalized spacial score (nSPS) is 20.7. The predicted molar refractivity (Wildman–Crippen MR) is 121 cm³/mol. The molecule has 5 heteroatoms. The summed E-state index contributed by atoms with van der Waals surface area (Å²) < 4.78 is 16.5. The number of nitrogens with one attached hydrogen (secondary N) is 1. The van der Waals surface area contributed by atoms with Gasteiger partial charge < -0.3 is 19.5 Å². The van der Waals surface area contributed by atoms with Crippen LogP contribution >= 0.6 is 0 Å². The molecule has 0 aromatic heterocycles. The highest BCUT2D eigenvalue weighted by molar-refractivity contribution is 5.83. The van der Waals surface area contributed by atoms with E-state index in [0.29, 0.717) is 25.7 Å². The molecule has 0 bridgehead atoms. The smallest absolute Gasteiger partial charge is 0.226 e. The second-order valence-corrected chi connectivity index (χ2v) is 8.79. The summed E-state index contributed by atoms with van der Waals surface area (Å²) in [5.74, 6) is 1.44. The summed E-state index contributed by atoms with van der Waals surface area (Å²) in [5, 5.41) is 3.25. The molecule has 4 rings (SSSR count). The van der Waals surface area contributed by atoms with E-state index in [-0.39, 0.29) is 5.91 Å². The number of hydrogen-bond donors (Lipinski definition) is 1. The summed E-state index contributed by atoms with van der Waals surface area (Å²) in [6.45, 7) is 3.57. The van der Waals surface area contributed by atoms with Crippen molar-refractivity contribution in [2.75, 3.05) is 40.1 Å². The van der Waals surface area contributed by atoms with Crippen LogP contribution in [0.3, 0.4) is 0 Å². The molecule has 0 spiro atoms. The van der Waals surface area contributed by atoms with E-state index in [4.69, 9.17) is 14.2 Å². The van der Waals surface area contributed by atoms with E-state index in [0.717, 1.165) is 62.2 Å². The molecule has 2 aliphatic rings. The summed E-state index contributed by atoms with van der Waals surface area (Å²) in [6.07, 6.45) is 4.45. The number of amides is 1. The molecule has 31 heavy (non-hydrogen) atoms. The lowest BCUT2D eigenvalue weighted by atomic mass is 9.74. The first kappa shape index (κ1) is 21.8. The molecule has 0 aliphatic carbocycles. The maximum atomic E-state index is 13.4. The Hall–Kier alpha value is -2.37. The maximum absolute atomic E-state index is 13.4. The molecule has 0 saturated carbocycles. The van der Waals surface area contributed by atoms with Crippen LogP contribution in [0.15, 0.2) is 48.5 Å². The Balaban J connectivity index is 1.48. The van der Waals surface area contributed by atoms with E-state index >= 15 is 0 Å². The molecular formula is C26H33NO4. The van der Waals surface area contributed by atoms with Gasteiger partial charge in [-0.05, 0) is 66.8 Å². The molecule has 2 saturated heterocycles. The van der Waals surface area contributed by atoms with Gasteiger partial charge in [0.1, 0.15) is 5.75 Å². The third-order valence-corrected chi connectivity index (χ3v) is 6.63. The fraction of sp³-hybridized carbons (Fsp3) is 0.500. The Bertz CT molecular complexity index is 852. The van der Waals surface area contributed by atoms with E-state index in [1.807, 2.05) is 12.1 Å². The lowest BCUT2D eigenvalue weighted by molar-refractivity contribution is -0.137. The van der Waals surface area contributed by atoms with Crippen LogP contribution in [0.2, 0.25) is 0 Å². The number of ether oxygens (including phenoxy) is 3. The maximum Gasteiger partial charge on any atom is 0.226 e. The first-order valence-electron chi connectivity index (χ1n) is 11.4. The number of methoxy groups -OCH3 is 1. The molecule has 0 radical (unpaired) electrons. The molecule has 2 aromatic rings. The summed E-state index contributed by atoms with van der Waals surface area (Å²) in [7, 11) is 1.68. The van der Waals surface area contributed by atoms with Gasteiger partial charge in [-0.1, -0.05) is 36.4 Å². The number of benzene rings is 2. The molecule has 2 aromatic carbocycles. The minimum Gasteiger partial charge on any atom is -0.497 e. The van der Waals surface area contributed by atoms with Crippen LogP contribution in [0, 0.1) is 11.3 Å². The Labute approximate surface area is 185 Å². The standard InChI is InChI=1S/C26H33NO4/c1-29-24-9-7-22(8-10-24)23-6-2-4-20(16-23)17-26(11-14-30-15-12-26)25(28)27-18-21-5-3-13-31-19-21/h2,4,6-10,16,21H,3,5,11-15,17-19H2,1H3,(H,27,28)/t21-/m1/s1. The van der Waals surface area contributed by atoms with Gasteiger partial charge in [0.15, 0.2) is 0 Å². The van der Waals surface area contributed by atoms with Gasteiger partial charge in [0, 0.05) is 26.4 Å². The summed E-state index contributed by atoms with van der Waals surface area (Å²) in [5.41, 5.74) is 3.07. The topological polar surface area (TPSA) is 56.8 Å². The lowest BCUT2D eigenvalue weighted by Crippen LogP contribution is -2.47. The van der Waals surface area contributed by atoms with Gasteiger partial charge >= 0.3 is 0 Å². The van der Waals surface area contributed by atoms with Crippen LogP contribution in [0.4, 0.5) is 0 Å². The van der Waals surface area contributed by atoms with Gasteiger partial charge in [0.05, 0.1) is 19.1 Å². The van der Waals surface area contributed by atoms with Gasteiger partial charge in [-0.3, -0.25) is 4.79 Å². The zero-order chi connectivity index (χ0) is 21.5. The van der Waals surface area contributed by atoms with E-state index in [9.17, 15) is 4.79 Å². The van der Waals surface area contributed by atoms with Crippen molar-refractivity contribution in [3.05, 3.63) is 54.1 Å². The minimum absolute atomic E-state index is 0.163. The molecule has 0 unspecified atom stereocenters. The van der Waals surface area contributed by atoms with Crippen molar-refractivity contribution in [2.45, 2.75) is 32.1 Å². The highest BCUT2D eigenvalue weighted by Gasteiger charge is 2.40. The second kappa shape index (κ2) is 10.3. The highest BCUT2D eigenvalue weighted by Crippen LogP contribution is 2.36. The second-order valence-electron chi connectivity index (χ2n) is 8.79. The van der Waals surface area contributed by atoms with Crippen LogP contribution in [0.5, 0.6) is 5.75 Å². The minimum atomic E-state index is -0.410. The molecule has 5 nitrogen and oxygen atoms in total. The predicted octanol–water partition coefficient (Wildman–Crippen LogP) is 4.24. The van der Waals surface area contributed by atoms with Crippen LogP contribution in [0.25, 0.3) is 11.1 Å². The molecule has 1 atom stereocenters. The Morgan fingerprint density at radius 2 is 1.87 bits per heavy atom. The SMILES string of the molecule is COc1ccc(-c2cccc(CC3(C(=O)NC[C@H]4CCCOC4)CCOCC3)c2)cc1. The summed E-state index contributed by atoms with van der Waals surface area (Å²) in [6, 6.07) is 16.6. The van der Waals surface area contributed by atoms with Crippen LogP contribution < -0.4 is 10.1 Å². The van der Waals surface area contributed by atoms with E-state index < -0.39 is 5.41 Å². The van der Waals surface area contributed by atoms with Crippen molar-refractivity contribution in [3.63, 3.8) is 0 Å². The molecular weight excluding hydrogens is 390 g/mol. The van der Waals surface area contributed by atoms with E-state index in [1.165, 1.54) is 5.56 Å². The number of hydrogen-bond acceptors (Lipinski definition) is 4. The molecule has 166 valence electrons. The van der Waals surface area contributed by atoms with E-state index in [2.05, 4.69) is 41.7 Å². The number of rotatable bonds is 7. The number of carbonyl (C=O) groups excluding carboxylic acids is 1. The monoisotopic (exact) mass is 423 g/mol. The van der Waals surface area contributed by atoms with E-state index in [1.54, 1.807) is 7.11 Å². The van der Waals surface area contributed by atoms with Gasteiger partial charge in [-0.25, -0.2) is 0 Å². The first-order valence-corrected chi connectivity index (χ1v) is 11.4. The van der Waals surface area contributed by atoms with Gasteiger partial charge in [0.25, 0.3) is 0 Å².